The number of hydrogen-bond acceptors (Lipinski definition) is 3. The number of benzene rings is 1. The Labute approximate surface area is 138 Å². The zero-order valence-electron chi connectivity index (χ0n) is 12.9. The van der Waals surface area contributed by atoms with E-state index in [0.29, 0.717) is 6.54 Å². The topological polar surface area (TPSA) is 49.0 Å². The fourth-order valence-electron chi connectivity index (χ4n) is 2.78. The van der Waals surface area contributed by atoms with E-state index in [1.54, 1.807) is 0 Å². The number of fused-ring (bicyclic) bond motifs is 1. The molecule has 0 bridgehead atoms. The molecule has 1 N–H and O–H groups in total. The minimum absolute atomic E-state index is 0.0190. The Balaban J connectivity index is 1.82. The summed E-state index contributed by atoms with van der Waals surface area (Å²) in [4.78, 5) is 22.2. The Bertz CT molecular complexity index is 739. The summed E-state index contributed by atoms with van der Waals surface area (Å²) >= 11 is 3.59. The van der Waals surface area contributed by atoms with Gasteiger partial charge in [0.25, 0.3) is 5.56 Å². The van der Waals surface area contributed by atoms with Gasteiger partial charge in [-0.05, 0) is 11.6 Å². The lowest BCUT2D eigenvalue weighted by Crippen LogP contribution is -2.36. The van der Waals surface area contributed by atoms with Crippen molar-refractivity contribution in [2.75, 3.05) is 6.54 Å². The van der Waals surface area contributed by atoms with Crippen molar-refractivity contribution in [1.82, 2.24) is 14.9 Å². The van der Waals surface area contributed by atoms with E-state index in [1.165, 1.54) is 5.56 Å². The molecule has 1 aliphatic heterocycles. The normalized spacial score (nSPS) is 15.1. The molecule has 1 aliphatic rings. The molecule has 4 nitrogen and oxygen atoms in total. The van der Waals surface area contributed by atoms with Crippen LogP contribution in [0.5, 0.6) is 0 Å². The minimum atomic E-state index is 0.0190. The predicted octanol–water partition coefficient (Wildman–Crippen LogP) is 3.21. The number of hydrogen-bond donors (Lipinski definition) is 1. The third kappa shape index (κ3) is 3.15. The lowest BCUT2D eigenvalue weighted by atomic mass is 10.0. The molecule has 0 radical (unpaired) electrons. The van der Waals surface area contributed by atoms with E-state index >= 15 is 0 Å². The third-order valence-corrected chi connectivity index (χ3v) is 4.84. The Kier molecular flexibility index (Phi) is 4.45. The van der Waals surface area contributed by atoms with Gasteiger partial charge in [0.05, 0.1) is 11.3 Å². The monoisotopic (exact) mass is 361 g/mol. The van der Waals surface area contributed by atoms with E-state index in [9.17, 15) is 4.79 Å². The number of aromatic amines is 1. The van der Waals surface area contributed by atoms with Crippen LogP contribution in [-0.4, -0.2) is 21.4 Å². The van der Waals surface area contributed by atoms with Crippen LogP contribution in [0.4, 0.5) is 0 Å². The van der Waals surface area contributed by atoms with Gasteiger partial charge >= 0.3 is 0 Å². The van der Waals surface area contributed by atoms with Crippen LogP contribution in [-0.2, 0) is 19.5 Å². The van der Waals surface area contributed by atoms with Crippen molar-refractivity contribution in [1.29, 1.82) is 0 Å². The van der Waals surface area contributed by atoms with Crippen molar-refractivity contribution in [2.45, 2.75) is 39.3 Å². The van der Waals surface area contributed by atoms with Crippen molar-refractivity contribution in [2.24, 2.45) is 0 Å². The number of nitrogens with zero attached hydrogens (tertiary/aromatic N) is 2. The summed E-state index contributed by atoms with van der Waals surface area (Å²) in [7, 11) is 0. The predicted molar refractivity (Wildman–Crippen MR) is 90.9 cm³/mol. The summed E-state index contributed by atoms with van der Waals surface area (Å²) in [5.74, 6) is 1.04. The van der Waals surface area contributed by atoms with Gasteiger partial charge in [-0.1, -0.05) is 48.0 Å². The Morgan fingerprint density at radius 2 is 2.14 bits per heavy atom. The second-order valence-corrected chi connectivity index (χ2v) is 6.94. The molecule has 5 heteroatoms. The fourth-order valence-corrected chi connectivity index (χ4v) is 3.19. The van der Waals surface area contributed by atoms with Gasteiger partial charge in [0, 0.05) is 36.4 Å². The Hall–Kier alpha value is -1.46. The average Bonchev–Trinajstić information content (AvgIpc) is 2.50. The number of rotatable bonds is 3. The van der Waals surface area contributed by atoms with Crippen molar-refractivity contribution in [3.8, 4) is 0 Å². The van der Waals surface area contributed by atoms with Crippen LogP contribution in [0.2, 0.25) is 0 Å². The summed E-state index contributed by atoms with van der Waals surface area (Å²) in [5, 5.41) is 0. The molecule has 1 aromatic carbocycles. The van der Waals surface area contributed by atoms with Crippen LogP contribution < -0.4 is 5.56 Å². The summed E-state index contributed by atoms with van der Waals surface area (Å²) in [6.07, 6.45) is 0.837. The van der Waals surface area contributed by atoms with Crippen LogP contribution in [0.15, 0.2) is 33.5 Å². The highest BCUT2D eigenvalue weighted by atomic mass is 79.9. The van der Waals surface area contributed by atoms with Crippen molar-refractivity contribution in [3.63, 3.8) is 0 Å². The summed E-state index contributed by atoms with van der Waals surface area (Å²) in [5.41, 5.74) is 3.05. The van der Waals surface area contributed by atoms with Crippen LogP contribution in [0.1, 0.15) is 42.4 Å². The molecule has 0 fully saturated rings. The van der Waals surface area contributed by atoms with Crippen LogP contribution >= 0.6 is 15.9 Å². The Morgan fingerprint density at radius 1 is 1.36 bits per heavy atom. The van der Waals surface area contributed by atoms with Crippen LogP contribution in [0.3, 0.4) is 0 Å². The molecule has 0 atom stereocenters. The molecule has 0 unspecified atom stereocenters. The average molecular weight is 362 g/mol. The van der Waals surface area contributed by atoms with Gasteiger partial charge in [-0.15, -0.1) is 0 Å². The smallest absolute Gasteiger partial charge is 0.255 e. The quantitative estimate of drug-likeness (QED) is 0.912. The van der Waals surface area contributed by atoms with E-state index in [2.05, 4.69) is 42.9 Å². The minimum Gasteiger partial charge on any atom is -0.310 e. The van der Waals surface area contributed by atoms with Crippen LogP contribution in [0.25, 0.3) is 0 Å². The van der Waals surface area contributed by atoms with Crippen molar-refractivity contribution in [3.05, 3.63) is 61.7 Å². The molecule has 2 heterocycles. The molecule has 116 valence electrons. The summed E-state index contributed by atoms with van der Waals surface area (Å²) < 4.78 is 1.11. The van der Waals surface area contributed by atoms with E-state index in [0.717, 1.165) is 41.1 Å². The number of nitrogens with one attached hydrogen (secondary N) is 1. The first-order valence-corrected chi connectivity index (χ1v) is 8.41. The molecular formula is C17H20BrN3O. The first-order chi connectivity index (χ1) is 10.5. The lowest BCUT2D eigenvalue weighted by molar-refractivity contribution is 0.241. The standard InChI is InChI=1S/C17H20BrN3O/c1-11(2)16-19-15-7-8-21(10-13(15)17(22)20-16)9-12-5-3-4-6-14(12)18/h3-6,11H,7-10H2,1-2H3,(H,19,20,22). The first kappa shape index (κ1) is 15.4. The summed E-state index contributed by atoms with van der Waals surface area (Å²) in [6.45, 7) is 6.53. The molecular weight excluding hydrogens is 342 g/mol. The molecule has 0 aliphatic carbocycles. The summed E-state index contributed by atoms with van der Waals surface area (Å²) in [6, 6.07) is 8.23. The Morgan fingerprint density at radius 3 is 2.86 bits per heavy atom. The van der Waals surface area contributed by atoms with Crippen LogP contribution in [0, 0.1) is 0 Å². The zero-order chi connectivity index (χ0) is 15.7. The highest BCUT2D eigenvalue weighted by Crippen LogP contribution is 2.22. The van der Waals surface area contributed by atoms with Gasteiger partial charge in [0.2, 0.25) is 0 Å². The second kappa shape index (κ2) is 6.34. The molecule has 2 aromatic rings. The third-order valence-electron chi connectivity index (χ3n) is 4.06. The highest BCUT2D eigenvalue weighted by molar-refractivity contribution is 9.10. The number of aromatic nitrogens is 2. The molecule has 0 saturated carbocycles. The maximum atomic E-state index is 12.3. The SMILES string of the molecule is CC(C)c1nc2c(c(=O)[nH]1)CN(Cc1ccccc1Br)CC2. The van der Waals surface area contributed by atoms with Crippen molar-refractivity contribution < 1.29 is 0 Å². The maximum Gasteiger partial charge on any atom is 0.255 e. The lowest BCUT2D eigenvalue weighted by Gasteiger charge is -2.28. The maximum absolute atomic E-state index is 12.3. The highest BCUT2D eigenvalue weighted by Gasteiger charge is 2.22. The van der Waals surface area contributed by atoms with E-state index in [-0.39, 0.29) is 11.5 Å². The fraction of sp³-hybridized carbons (Fsp3) is 0.412. The van der Waals surface area contributed by atoms with E-state index in [4.69, 9.17) is 0 Å². The molecule has 1 aromatic heterocycles. The van der Waals surface area contributed by atoms with Gasteiger partial charge in [-0.25, -0.2) is 4.98 Å². The zero-order valence-corrected chi connectivity index (χ0v) is 14.5. The second-order valence-electron chi connectivity index (χ2n) is 6.08. The van der Waals surface area contributed by atoms with Gasteiger partial charge in [0.15, 0.2) is 0 Å². The van der Waals surface area contributed by atoms with Gasteiger partial charge in [0.1, 0.15) is 5.82 Å². The van der Waals surface area contributed by atoms with Gasteiger partial charge < -0.3 is 4.98 Å². The molecule has 0 amide bonds. The number of halogens is 1. The molecule has 3 rings (SSSR count). The molecule has 0 spiro atoms. The van der Waals surface area contributed by atoms with E-state index in [1.807, 2.05) is 26.0 Å². The van der Waals surface area contributed by atoms with Crippen molar-refractivity contribution >= 4 is 15.9 Å². The number of H-pyrrole nitrogens is 1. The largest absolute Gasteiger partial charge is 0.310 e. The van der Waals surface area contributed by atoms with Gasteiger partial charge in [-0.2, -0.15) is 0 Å². The molecule has 0 saturated heterocycles. The first-order valence-electron chi connectivity index (χ1n) is 7.62. The molecule has 22 heavy (non-hydrogen) atoms. The van der Waals surface area contributed by atoms with Gasteiger partial charge in [-0.3, -0.25) is 9.69 Å². The van der Waals surface area contributed by atoms with E-state index < -0.39 is 0 Å².